The van der Waals surface area contributed by atoms with Crippen LogP contribution in [0, 0.1) is 5.92 Å². The largest absolute Gasteiger partial charge is 0.389 e. The van der Waals surface area contributed by atoms with Crippen molar-refractivity contribution in [1.82, 2.24) is 14.9 Å². The number of fused-ring (bicyclic) bond motifs is 3. The first-order chi connectivity index (χ1) is 14.0. The van der Waals surface area contributed by atoms with E-state index < -0.39 is 6.10 Å². The molecule has 8 heteroatoms. The molecule has 2 N–H and O–H groups in total. The number of rotatable bonds is 11. The van der Waals surface area contributed by atoms with Crippen LogP contribution in [0.3, 0.4) is 0 Å². The van der Waals surface area contributed by atoms with Gasteiger partial charge in [0.1, 0.15) is 10.7 Å². The van der Waals surface area contributed by atoms with Gasteiger partial charge >= 0.3 is 0 Å². The molecule has 29 heavy (non-hydrogen) atoms. The summed E-state index contributed by atoms with van der Waals surface area (Å²) in [6.45, 7) is 8.48. The minimum atomic E-state index is -0.641. The van der Waals surface area contributed by atoms with Crippen LogP contribution in [0.25, 0.3) is 10.2 Å². The van der Waals surface area contributed by atoms with Crippen molar-refractivity contribution in [2.24, 2.45) is 5.92 Å². The van der Waals surface area contributed by atoms with Crippen molar-refractivity contribution in [3.05, 3.63) is 39.3 Å². The van der Waals surface area contributed by atoms with Crippen LogP contribution in [-0.2, 0) is 28.9 Å². The van der Waals surface area contributed by atoms with E-state index in [1.165, 1.54) is 10.4 Å². The van der Waals surface area contributed by atoms with Crippen LogP contribution in [0.15, 0.2) is 17.4 Å². The Bertz CT molecular complexity index is 879. The number of thiophene rings is 1. The van der Waals surface area contributed by atoms with Gasteiger partial charge in [-0.2, -0.15) is 0 Å². The average molecular weight is 422 g/mol. The average Bonchev–Trinajstić information content (AvgIpc) is 3.03. The summed E-state index contributed by atoms with van der Waals surface area (Å²) >= 11 is 1.65. The lowest BCUT2D eigenvalue weighted by Crippen LogP contribution is -2.37. The van der Waals surface area contributed by atoms with Crippen molar-refractivity contribution in [2.75, 3.05) is 40.0 Å². The van der Waals surface area contributed by atoms with Gasteiger partial charge in [0.15, 0.2) is 0 Å². The van der Waals surface area contributed by atoms with Gasteiger partial charge in [-0.15, -0.1) is 17.9 Å². The highest BCUT2D eigenvalue weighted by molar-refractivity contribution is 7.18. The molecule has 0 aliphatic heterocycles. The van der Waals surface area contributed by atoms with Crippen LogP contribution >= 0.6 is 11.3 Å². The Labute approximate surface area is 175 Å². The molecule has 0 radical (unpaired) electrons. The zero-order chi connectivity index (χ0) is 20.8. The second kappa shape index (κ2) is 10.4. The summed E-state index contributed by atoms with van der Waals surface area (Å²) in [6.07, 6.45) is 4.12. The van der Waals surface area contributed by atoms with E-state index in [0.717, 1.165) is 29.5 Å². The molecule has 0 amide bonds. The maximum absolute atomic E-state index is 12.8. The van der Waals surface area contributed by atoms with Crippen molar-refractivity contribution < 1.29 is 14.6 Å². The first-order valence-corrected chi connectivity index (χ1v) is 10.9. The maximum atomic E-state index is 12.8. The fraction of sp³-hybridized carbons (Fsp3) is 0.619. The molecule has 0 saturated carbocycles. The quantitative estimate of drug-likeness (QED) is 0.427. The monoisotopic (exact) mass is 421 g/mol. The number of aliphatic hydroxyl groups is 1. The van der Waals surface area contributed by atoms with Crippen molar-refractivity contribution in [1.29, 1.82) is 0 Å². The third kappa shape index (κ3) is 5.73. The number of aromatic amines is 1. The molecule has 2 aromatic heterocycles. The van der Waals surface area contributed by atoms with Gasteiger partial charge in [-0.25, -0.2) is 4.98 Å². The van der Waals surface area contributed by atoms with Gasteiger partial charge < -0.3 is 19.6 Å². The summed E-state index contributed by atoms with van der Waals surface area (Å²) in [5, 5.41) is 11.0. The summed E-state index contributed by atoms with van der Waals surface area (Å²) in [7, 11) is 1.64. The van der Waals surface area contributed by atoms with E-state index in [1.54, 1.807) is 24.5 Å². The Hall–Kier alpha value is -1.58. The molecule has 1 aliphatic carbocycles. The van der Waals surface area contributed by atoms with E-state index in [9.17, 15) is 9.90 Å². The summed E-state index contributed by atoms with van der Waals surface area (Å²) in [5.74, 6) is 1.27. The van der Waals surface area contributed by atoms with Crippen LogP contribution in [0.4, 0.5) is 0 Å². The summed E-state index contributed by atoms with van der Waals surface area (Å²) in [5.41, 5.74) is 1.13. The third-order valence-corrected chi connectivity index (χ3v) is 6.36. The summed E-state index contributed by atoms with van der Waals surface area (Å²) in [6, 6.07) is 0. The highest BCUT2D eigenvalue weighted by Gasteiger charge is 2.23. The minimum absolute atomic E-state index is 0.0568. The van der Waals surface area contributed by atoms with E-state index in [2.05, 4.69) is 18.5 Å². The van der Waals surface area contributed by atoms with Crippen molar-refractivity contribution in [3.8, 4) is 0 Å². The fourth-order valence-electron chi connectivity index (χ4n) is 3.77. The molecule has 3 rings (SSSR count). The van der Waals surface area contributed by atoms with Gasteiger partial charge in [0.05, 0.1) is 37.9 Å². The Morgan fingerprint density at radius 3 is 3.10 bits per heavy atom. The van der Waals surface area contributed by atoms with Gasteiger partial charge in [-0.3, -0.25) is 9.69 Å². The number of hydrogen-bond acceptors (Lipinski definition) is 7. The topological polar surface area (TPSA) is 87.7 Å². The predicted molar refractivity (Wildman–Crippen MR) is 116 cm³/mol. The SMILES string of the molecule is C=CCOC[C@H](O)CN(CCOC)Cc1nc2sc3c(c2c(=O)[nH]1)CC[C@H](C)C3. The molecular weight excluding hydrogens is 390 g/mol. The number of nitrogens with one attached hydrogen (secondary N) is 1. The molecule has 7 nitrogen and oxygen atoms in total. The molecule has 0 aromatic carbocycles. The fourth-order valence-corrected chi connectivity index (χ4v) is 5.18. The lowest BCUT2D eigenvalue weighted by molar-refractivity contribution is 0.0189. The molecule has 0 fully saturated rings. The van der Waals surface area contributed by atoms with Gasteiger partial charge in [0.25, 0.3) is 5.56 Å². The molecule has 0 bridgehead atoms. The molecule has 1 aliphatic rings. The second-order valence-electron chi connectivity index (χ2n) is 7.75. The highest BCUT2D eigenvalue weighted by atomic mass is 32.1. The zero-order valence-corrected chi connectivity index (χ0v) is 18.1. The summed E-state index contributed by atoms with van der Waals surface area (Å²) in [4.78, 5) is 24.7. The first kappa shape index (κ1) is 22.1. The number of aliphatic hydroxyl groups excluding tert-OH is 1. The normalized spacial score (nSPS) is 17.6. The minimum Gasteiger partial charge on any atom is -0.389 e. The second-order valence-corrected chi connectivity index (χ2v) is 8.84. The van der Waals surface area contributed by atoms with Gasteiger partial charge in [-0.05, 0) is 30.7 Å². The molecule has 160 valence electrons. The maximum Gasteiger partial charge on any atom is 0.259 e. The van der Waals surface area contributed by atoms with Crippen molar-refractivity contribution >= 4 is 21.6 Å². The number of aryl methyl sites for hydroxylation is 1. The number of ether oxygens (including phenoxy) is 2. The van der Waals surface area contributed by atoms with Crippen molar-refractivity contribution in [2.45, 2.75) is 38.8 Å². The van der Waals surface area contributed by atoms with E-state index >= 15 is 0 Å². The first-order valence-electron chi connectivity index (χ1n) is 10.1. The van der Waals surface area contributed by atoms with Gasteiger partial charge in [0.2, 0.25) is 0 Å². The molecule has 0 unspecified atom stereocenters. The standard InChI is InChI=1S/C21H31N3O4S/c1-4-8-28-13-15(25)11-24(7-9-27-3)12-18-22-20(26)19-16-6-5-14(2)10-17(16)29-21(19)23-18/h4,14-15,25H,1,5-13H2,2-3H3,(H,22,23,26)/t14-,15+/m0/s1. The molecule has 0 spiro atoms. The van der Waals surface area contributed by atoms with Gasteiger partial charge in [-0.1, -0.05) is 13.0 Å². The number of nitrogens with zero attached hydrogens (tertiary/aromatic N) is 2. The van der Waals surface area contributed by atoms with E-state index in [4.69, 9.17) is 14.5 Å². The predicted octanol–water partition coefficient (Wildman–Crippen LogP) is 2.12. The van der Waals surface area contributed by atoms with Crippen LogP contribution in [-0.4, -0.2) is 66.1 Å². The van der Waals surface area contributed by atoms with Gasteiger partial charge in [0, 0.05) is 25.1 Å². The molecule has 0 saturated heterocycles. The smallest absolute Gasteiger partial charge is 0.259 e. The number of hydrogen-bond donors (Lipinski definition) is 2. The van der Waals surface area contributed by atoms with E-state index in [1.807, 2.05) is 4.90 Å². The zero-order valence-electron chi connectivity index (χ0n) is 17.3. The van der Waals surface area contributed by atoms with E-state index in [-0.39, 0.29) is 12.2 Å². The van der Waals surface area contributed by atoms with Crippen LogP contribution in [0.2, 0.25) is 0 Å². The lowest BCUT2D eigenvalue weighted by Gasteiger charge is -2.24. The number of methoxy groups -OCH3 is 1. The third-order valence-electron chi connectivity index (χ3n) is 5.21. The Kier molecular flexibility index (Phi) is 7.97. The number of aromatic nitrogens is 2. The molecule has 2 aromatic rings. The van der Waals surface area contributed by atoms with Crippen LogP contribution in [0.1, 0.15) is 29.6 Å². The van der Waals surface area contributed by atoms with Crippen LogP contribution in [0.5, 0.6) is 0 Å². The van der Waals surface area contributed by atoms with Crippen molar-refractivity contribution in [3.63, 3.8) is 0 Å². The van der Waals surface area contributed by atoms with E-state index in [0.29, 0.717) is 44.6 Å². The Morgan fingerprint density at radius 2 is 2.34 bits per heavy atom. The summed E-state index contributed by atoms with van der Waals surface area (Å²) < 4.78 is 10.5. The lowest BCUT2D eigenvalue weighted by atomic mass is 9.89. The molecular formula is C21H31N3O4S. The number of H-pyrrole nitrogens is 1. The van der Waals surface area contributed by atoms with Crippen LogP contribution < -0.4 is 5.56 Å². The molecule has 2 atom stereocenters. The molecule has 2 heterocycles. The Balaban J connectivity index is 1.76. The highest BCUT2D eigenvalue weighted by Crippen LogP contribution is 2.35. The Morgan fingerprint density at radius 1 is 1.52 bits per heavy atom.